The van der Waals surface area contributed by atoms with Gasteiger partial charge in [0.25, 0.3) is 0 Å². The molecule has 27 heavy (non-hydrogen) atoms. The molecule has 7 nitrogen and oxygen atoms in total. The van der Waals surface area contributed by atoms with E-state index in [0.29, 0.717) is 6.04 Å². The number of carbonyl (C=O) groups is 1. The minimum atomic E-state index is -0.390. The maximum atomic E-state index is 11.4. The number of rotatable bonds is 2. The molecule has 1 aliphatic carbocycles. The maximum absolute atomic E-state index is 11.4. The molecule has 0 spiro atoms. The van der Waals surface area contributed by atoms with Crippen LogP contribution in [0.25, 0.3) is 0 Å². The summed E-state index contributed by atoms with van der Waals surface area (Å²) in [4.78, 5) is 27.6. The fourth-order valence-corrected chi connectivity index (χ4v) is 3.14. The molecular formula is C20H33N3O4. The summed E-state index contributed by atoms with van der Waals surface area (Å²) < 4.78 is 10.4. The van der Waals surface area contributed by atoms with Gasteiger partial charge < -0.3 is 24.7 Å². The molecule has 7 heteroatoms. The van der Waals surface area contributed by atoms with Crippen LogP contribution >= 0.6 is 0 Å². The lowest BCUT2D eigenvalue weighted by atomic mass is 9.96. The van der Waals surface area contributed by atoms with Crippen LogP contribution < -0.4 is 15.6 Å². The van der Waals surface area contributed by atoms with Gasteiger partial charge in [0.15, 0.2) is 5.43 Å². The molecule has 2 fully saturated rings. The van der Waals surface area contributed by atoms with Crippen LogP contribution in [0, 0.1) is 0 Å². The standard InChI is InChI=1S/C11H21NO2.C9H12N2O2/c1-11(2,3)14-10(13)12-9-7-5-4-6-8-9;12-8-1-2-10-9(7-8)11-3-5-13-6-4-11/h9H,4-8H2,1-3H3,(H,12,13);1-2,7H,3-6H2,(H,10,12). The number of aromatic amines is 1. The SMILES string of the molecule is CC(C)(C)OC(=O)NC1CCCCC1.O=c1cc[nH]c(N2CCOCC2)c1. The summed E-state index contributed by atoms with van der Waals surface area (Å²) in [6, 6.07) is 3.47. The van der Waals surface area contributed by atoms with Gasteiger partial charge in [0.05, 0.1) is 13.2 Å². The summed E-state index contributed by atoms with van der Waals surface area (Å²) in [5, 5.41) is 2.91. The predicted molar refractivity (Wildman–Crippen MR) is 106 cm³/mol. The van der Waals surface area contributed by atoms with Crippen molar-refractivity contribution in [1.82, 2.24) is 10.3 Å². The number of pyridine rings is 1. The lowest BCUT2D eigenvalue weighted by Gasteiger charge is -2.27. The van der Waals surface area contributed by atoms with Crippen molar-refractivity contribution in [3.05, 3.63) is 28.6 Å². The third-order valence-corrected chi connectivity index (χ3v) is 4.44. The molecule has 2 heterocycles. The van der Waals surface area contributed by atoms with Gasteiger partial charge in [-0.05, 0) is 33.6 Å². The Hall–Kier alpha value is -2.02. The van der Waals surface area contributed by atoms with Gasteiger partial charge in [-0.3, -0.25) is 4.79 Å². The largest absolute Gasteiger partial charge is 0.444 e. The zero-order valence-electron chi connectivity index (χ0n) is 16.8. The van der Waals surface area contributed by atoms with Crippen LogP contribution in [0.4, 0.5) is 10.6 Å². The number of H-pyrrole nitrogens is 1. The van der Waals surface area contributed by atoms with Gasteiger partial charge in [0.1, 0.15) is 11.4 Å². The Balaban J connectivity index is 0.000000194. The molecule has 152 valence electrons. The van der Waals surface area contributed by atoms with Gasteiger partial charge in [0, 0.05) is 37.5 Å². The molecule has 2 N–H and O–H groups in total. The minimum absolute atomic E-state index is 0.0419. The zero-order chi connectivity index (χ0) is 19.7. The van der Waals surface area contributed by atoms with E-state index in [4.69, 9.17) is 9.47 Å². The minimum Gasteiger partial charge on any atom is -0.444 e. The van der Waals surface area contributed by atoms with Gasteiger partial charge >= 0.3 is 6.09 Å². The molecule has 3 rings (SSSR count). The number of hydrogen-bond donors (Lipinski definition) is 2. The fraction of sp³-hybridized carbons (Fsp3) is 0.700. The second kappa shape index (κ2) is 10.3. The number of ether oxygens (including phenoxy) is 2. The second-order valence-electron chi connectivity index (χ2n) is 7.99. The Labute approximate surface area is 161 Å². The van der Waals surface area contributed by atoms with E-state index >= 15 is 0 Å². The molecule has 0 aromatic carbocycles. The van der Waals surface area contributed by atoms with Crippen LogP contribution in [0.1, 0.15) is 52.9 Å². The van der Waals surface area contributed by atoms with Gasteiger partial charge in [-0.2, -0.15) is 0 Å². The number of nitrogens with zero attached hydrogens (tertiary/aromatic N) is 1. The first-order chi connectivity index (χ1) is 12.8. The number of anilines is 1. The predicted octanol–water partition coefficient (Wildman–Crippen LogP) is 3.06. The molecule has 0 radical (unpaired) electrons. The quantitative estimate of drug-likeness (QED) is 0.825. The Morgan fingerprint density at radius 2 is 1.89 bits per heavy atom. The molecule has 1 saturated heterocycles. The lowest BCUT2D eigenvalue weighted by Crippen LogP contribution is -2.39. The Kier molecular flexibility index (Phi) is 8.16. The highest BCUT2D eigenvalue weighted by Crippen LogP contribution is 2.18. The number of hydrogen-bond acceptors (Lipinski definition) is 5. The monoisotopic (exact) mass is 379 g/mol. The zero-order valence-corrected chi connectivity index (χ0v) is 16.8. The second-order valence-corrected chi connectivity index (χ2v) is 7.99. The van der Waals surface area contributed by atoms with Crippen LogP contribution in [-0.4, -0.2) is 49.0 Å². The third-order valence-electron chi connectivity index (χ3n) is 4.44. The number of nitrogens with one attached hydrogen (secondary N) is 2. The molecule has 0 atom stereocenters. The normalized spacial score (nSPS) is 18.3. The van der Waals surface area contributed by atoms with Crippen molar-refractivity contribution < 1.29 is 14.3 Å². The summed E-state index contributed by atoms with van der Waals surface area (Å²) in [6.07, 6.45) is 7.34. The van der Waals surface area contributed by atoms with Gasteiger partial charge in [0.2, 0.25) is 0 Å². The van der Waals surface area contributed by atoms with E-state index in [1.807, 2.05) is 20.8 Å². The molecular weight excluding hydrogens is 346 g/mol. The van der Waals surface area contributed by atoms with Crippen LogP contribution in [-0.2, 0) is 9.47 Å². The van der Waals surface area contributed by atoms with Crippen molar-refractivity contribution in [2.24, 2.45) is 0 Å². The molecule has 1 amide bonds. The topological polar surface area (TPSA) is 83.7 Å². The van der Waals surface area contributed by atoms with E-state index in [1.165, 1.54) is 25.3 Å². The smallest absolute Gasteiger partial charge is 0.407 e. The first-order valence-electron chi connectivity index (χ1n) is 9.84. The van der Waals surface area contributed by atoms with Crippen LogP contribution in [0.5, 0.6) is 0 Å². The summed E-state index contributed by atoms with van der Waals surface area (Å²) >= 11 is 0. The number of carbonyl (C=O) groups excluding carboxylic acids is 1. The molecule has 1 aliphatic heterocycles. The summed E-state index contributed by atoms with van der Waals surface area (Å²) in [5.41, 5.74) is -0.348. The summed E-state index contributed by atoms with van der Waals surface area (Å²) in [7, 11) is 0. The molecule has 0 unspecified atom stereocenters. The fourth-order valence-electron chi connectivity index (χ4n) is 3.14. The molecule has 1 aromatic rings. The van der Waals surface area contributed by atoms with Crippen LogP contribution in [0.2, 0.25) is 0 Å². The van der Waals surface area contributed by atoms with Gasteiger partial charge in [-0.15, -0.1) is 0 Å². The van der Waals surface area contributed by atoms with Crippen molar-refractivity contribution in [3.63, 3.8) is 0 Å². The van der Waals surface area contributed by atoms with Crippen molar-refractivity contribution in [2.45, 2.75) is 64.5 Å². The molecule has 1 aromatic heterocycles. The van der Waals surface area contributed by atoms with Crippen LogP contribution in [0.3, 0.4) is 0 Å². The van der Waals surface area contributed by atoms with Crippen molar-refractivity contribution >= 4 is 11.9 Å². The highest BCUT2D eigenvalue weighted by molar-refractivity contribution is 5.68. The van der Waals surface area contributed by atoms with E-state index < -0.39 is 5.60 Å². The molecule has 1 saturated carbocycles. The Bertz CT molecular complexity index is 627. The summed E-state index contributed by atoms with van der Waals surface area (Å²) in [6.45, 7) is 8.81. The Morgan fingerprint density at radius 3 is 2.48 bits per heavy atom. The number of morpholine rings is 1. The number of aromatic nitrogens is 1. The molecule has 0 bridgehead atoms. The molecule has 2 aliphatic rings. The average molecular weight is 380 g/mol. The van der Waals surface area contributed by atoms with E-state index in [0.717, 1.165) is 45.0 Å². The number of amides is 1. The van der Waals surface area contributed by atoms with Crippen molar-refractivity contribution in [1.29, 1.82) is 0 Å². The highest BCUT2D eigenvalue weighted by Gasteiger charge is 2.20. The first kappa shape index (κ1) is 21.3. The van der Waals surface area contributed by atoms with E-state index in [-0.39, 0.29) is 11.5 Å². The summed E-state index contributed by atoms with van der Waals surface area (Å²) in [5.74, 6) is 0.885. The van der Waals surface area contributed by atoms with Crippen LogP contribution in [0.15, 0.2) is 23.1 Å². The van der Waals surface area contributed by atoms with Crippen molar-refractivity contribution in [2.75, 3.05) is 31.2 Å². The first-order valence-corrected chi connectivity index (χ1v) is 9.84. The van der Waals surface area contributed by atoms with E-state index in [9.17, 15) is 9.59 Å². The third kappa shape index (κ3) is 8.47. The Morgan fingerprint density at radius 1 is 1.22 bits per heavy atom. The van der Waals surface area contributed by atoms with Gasteiger partial charge in [-0.25, -0.2) is 4.79 Å². The van der Waals surface area contributed by atoms with E-state index in [1.54, 1.807) is 12.3 Å². The maximum Gasteiger partial charge on any atom is 0.407 e. The average Bonchev–Trinajstić information content (AvgIpc) is 2.62. The van der Waals surface area contributed by atoms with Gasteiger partial charge in [-0.1, -0.05) is 19.3 Å². The highest BCUT2D eigenvalue weighted by atomic mass is 16.6. The lowest BCUT2D eigenvalue weighted by molar-refractivity contribution is 0.0493. The number of alkyl carbamates (subject to hydrolysis) is 1. The van der Waals surface area contributed by atoms with E-state index in [2.05, 4.69) is 15.2 Å². The van der Waals surface area contributed by atoms with Crippen molar-refractivity contribution in [3.8, 4) is 0 Å².